The van der Waals surface area contributed by atoms with Gasteiger partial charge in [0.15, 0.2) is 5.57 Å². The van der Waals surface area contributed by atoms with E-state index in [0.717, 1.165) is 6.26 Å². The quantitative estimate of drug-likeness (QED) is 0.253. The lowest BCUT2D eigenvalue weighted by molar-refractivity contribution is -0.146. The Kier molecular flexibility index (Phi) is 5.50. The third kappa shape index (κ3) is 3.97. The van der Waals surface area contributed by atoms with E-state index >= 15 is 0 Å². The van der Waals surface area contributed by atoms with Crippen LogP contribution < -0.4 is 4.74 Å². The molecule has 0 aliphatic heterocycles. The van der Waals surface area contributed by atoms with Crippen LogP contribution in [0.15, 0.2) is 34.6 Å². The Morgan fingerprint density at radius 2 is 1.83 bits per heavy atom. The maximum absolute atomic E-state index is 11.5. The van der Waals surface area contributed by atoms with E-state index in [2.05, 4.69) is 0 Å². The van der Waals surface area contributed by atoms with Crippen LogP contribution in [0.2, 0.25) is 0 Å². The largest absolute Gasteiger partial charge is 0.462 e. The first-order valence-corrected chi connectivity index (χ1v) is 5.43. The van der Waals surface area contributed by atoms with Gasteiger partial charge in [-0.05, 0) is 19.9 Å². The smallest absolute Gasteiger partial charge is 0.348 e. The zero-order valence-corrected chi connectivity index (χ0v) is 10.2. The van der Waals surface area contributed by atoms with Gasteiger partial charge in [-0.3, -0.25) is 0 Å². The average Bonchev–Trinajstić information content (AvgIpc) is 2.83. The Hall–Kier alpha value is -2.24. The molecular weight excluding hydrogens is 240 g/mol. The van der Waals surface area contributed by atoms with Gasteiger partial charge in [-0.1, -0.05) is 0 Å². The van der Waals surface area contributed by atoms with Crippen LogP contribution in [-0.2, 0) is 19.1 Å². The van der Waals surface area contributed by atoms with Crippen LogP contribution in [0.1, 0.15) is 13.8 Å². The number of rotatable bonds is 6. The molecule has 6 nitrogen and oxygen atoms in total. The lowest BCUT2D eigenvalue weighted by atomic mass is 10.3. The van der Waals surface area contributed by atoms with Crippen molar-refractivity contribution in [2.45, 2.75) is 13.8 Å². The summed E-state index contributed by atoms with van der Waals surface area (Å²) in [5, 5.41) is 0. The molecule has 6 heteroatoms. The summed E-state index contributed by atoms with van der Waals surface area (Å²) in [7, 11) is 0. The Labute approximate surface area is 104 Å². The van der Waals surface area contributed by atoms with E-state index in [1.54, 1.807) is 19.9 Å². The van der Waals surface area contributed by atoms with Crippen molar-refractivity contribution in [3.8, 4) is 5.95 Å². The zero-order chi connectivity index (χ0) is 13.4. The monoisotopic (exact) mass is 254 g/mol. The van der Waals surface area contributed by atoms with E-state index in [-0.39, 0.29) is 24.7 Å². The molecule has 1 aromatic rings. The predicted octanol–water partition coefficient (Wildman–Crippen LogP) is 1.67. The van der Waals surface area contributed by atoms with Crippen LogP contribution in [0.5, 0.6) is 5.95 Å². The molecule has 18 heavy (non-hydrogen) atoms. The fourth-order valence-corrected chi connectivity index (χ4v) is 1.04. The van der Waals surface area contributed by atoms with Crippen LogP contribution >= 0.6 is 0 Å². The number of carbonyl (C=O) groups excluding carboxylic acids is 2. The summed E-state index contributed by atoms with van der Waals surface area (Å²) in [5.74, 6) is -1.45. The molecule has 0 bridgehead atoms. The Morgan fingerprint density at radius 1 is 1.22 bits per heavy atom. The lowest BCUT2D eigenvalue weighted by Crippen LogP contribution is -2.19. The van der Waals surface area contributed by atoms with Gasteiger partial charge in [0, 0.05) is 6.07 Å². The van der Waals surface area contributed by atoms with E-state index in [1.807, 2.05) is 0 Å². The summed E-state index contributed by atoms with van der Waals surface area (Å²) in [6.45, 7) is 3.56. The Balaban J connectivity index is 2.78. The summed E-state index contributed by atoms with van der Waals surface area (Å²) in [6.07, 6.45) is 2.35. The summed E-state index contributed by atoms with van der Waals surface area (Å²) in [6, 6.07) is 3.14. The summed E-state index contributed by atoms with van der Waals surface area (Å²) >= 11 is 0. The molecule has 0 atom stereocenters. The minimum absolute atomic E-state index is 0.149. The molecular formula is C12H14O6. The SMILES string of the molecule is CCOC(=O)C(=COc1ccco1)C(=O)OCC. The summed E-state index contributed by atoms with van der Waals surface area (Å²) in [5.41, 5.74) is -0.324. The predicted molar refractivity (Wildman–Crippen MR) is 60.7 cm³/mol. The second-order valence-corrected chi connectivity index (χ2v) is 3.02. The number of ether oxygens (including phenoxy) is 3. The van der Waals surface area contributed by atoms with Gasteiger partial charge in [0.2, 0.25) is 0 Å². The summed E-state index contributed by atoms with van der Waals surface area (Å²) in [4.78, 5) is 23.0. The van der Waals surface area contributed by atoms with Gasteiger partial charge >= 0.3 is 11.9 Å². The highest BCUT2D eigenvalue weighted by Gasteiger charge is 2.22. The second kappa shape index (κ2) is 7.16. The highest BCUT2D eigenvalue weighted by Crippen LogP contribution is 2.12. The van der Waals surface area contributed by atoms with Gasteiger partial charge in [0.05, 0.1) is 19.5 Å². The number of esters is 2. The first kappa shape index (κ1) is 13.8. The molecule has 98 valence electrons. The molecule has 0 aromatic carbocycles. The molecule has 1 heterocycles. The normalized spacial score (nSPS) is 9.44. The van der Waals surface area contributed by atoms with Gasteiger partial charge in [-0.2, -0.15) is 0 Å². The minimum Gasteiger partial charge on any atom is -0.462 e. The van der Waals surface area contributed by atoms with Crippen molar-refractivity contribution in [2.24, 2.45) is 0 Å². The van der Waals surface area contributed by atoms with Gasteiger partial charge in [0.1, 0.15) is 6.26 Å². The minimum atomic E-state index is -0.803. The van der Waals surface area contributed by atoms with Crippen LogP contribution in [0.4, 0.5) is 0 Å². The molecule has 1 aromatic heterocycles. The number of hydrogen-bond acceptors (Lipinski definition) is 6. The third-order valence-corrected chi connectivity index (χ3v) is 1.78. The van der Waals surface area contributed by atoms with Crippen molar-refractivity contribution in [1.82, 2.24) is 0 Å². The average molecular weight is 254 g/mol. The first-order valence-electron chi connectivity index (χ1n) is 5.43. The van der Waals surface area contributed by atoms with Crippen molar-refractivity contribution in [2.75, 3.05) is 13.2 Å². The summed E-state index contributed by atoms with van der Waals surface area (Å²) < 4.78 is 19.4. The standard InChI is InChI=1S/C12H14O6/c1-3-15-11(13)9(12(14)16-4-2)8-18-10-6-5-7-17-10/h5-8H,3-4H2,1-2H3. The molecule has 0 amide bonds. The van der Waals surface area contributed by atoms with E-state index in [0.29, 0.717) is 0 Å². The van der Waals surface area contributed by atoms with E-state index in [9.17, 15) is 9.59 Å². The van der Waals surface area contributed by atoms with Crippen LogP contribution in [-0.4, -0.2) is 25.2 Å². The van der Waals surface area contributed by atoms with Crippen molar-refractivity contribution < 1.29 is 28.2 Å². The molecule has 0 N–H and O–H groups in total. The molecule has 0 spiro atoms. The molecule has 0 fully saturated rings. The second-order valence-electron chi connectivity index (χ2n) is 3.02. The van der Waals surface area contributed by atoms with Crippen molar-refractivity contribution in [3.05, 3.63) is 30.2 Å². The van der Waals surface area contributed by atoms with Gasteiger partial charge in [-0.25, -0.2) is 9.59 Å². The maximum Gasteiger partial charge on any atom is 0.348 e. The van der Waals surface area contributed by atoms with Crippen molar-refractivity contribution >= 4 is 11.9 Å². The van der Waals surface area contributed by atoms with E-state index < -0.39 is 11.9 Å². The zero-order valence-electron chi connectivity index (χ0n) is 10.2. The molecule has 0 saturated heterocycles. The molecule has 1 rings (SSSR count). The Morgan fingerprint density at radius 3 is 2.28 bits per heavy atom. The fraction of sp³-hybridized carbons (Fsp3) is 0.333. The number of hydrogen-bond donors (Lipinski definition) is 0. The molecule has 0 saturated carbocycles. The lowest BCUT2D eigenvalue weighted by Gasteiger charge is -2.05. The molecule has 0 aliphatic rings. The number of furan rings is 1. The third-order valence-electron chi connectivity index (χ3n) is 1.78. The van der Waals surface area contributed by atoms with Crippen LogP contribution in [0.25, 0.3) is 0 Å². The van der Waals surface area contributed by atoms with Gasteiger partial charge in [-0.15, -0.1) is 0 Å². The fourth-order valence-electron chi connectivity index (χ4n) is 1.04. The first-order chi connectivity index (χ1) is 8.69. The topological polar surface area (TPSA) is 75.0 Å². The van der Waals surface area contributed by atoms with Crippen molar-refractivity contribution in [3.63, 3.8) is 0 Å². The van der Waals surface area contributed by atoms with E-state index in [4.69, 9.17) is 18.6 Å². The van der Waals surface area contributed by atoms with Crippen molar-refractivity contribution in [1.29, 1.82) is 0 Å². The number of carbonyl (C=O) groups is 2. The maximum atomic E-state index is 11.5. The van der Waals surface area contributed by atoms with Gasteiger partial charge < -0.3 is 18.6 Å². The highest BCUT2D eigenvalue weighted by molar-refractivity contribution is 6.13. The Bertz CT molecular complexity index is 398. The van der Waals surface area contributed by atoms with Gasteiger partial charge in [0.25, 0.3) is 5.95 Å². The molecule has 0 unspecified atom stereocenters. The molecule has 0 radical (unpaired) electrons. The van der Waals surface area contributed by atoms with Crippen LogP contribution in [0.3, 0.4) is 0 Å². The highest BCUT2D eigenvalue weighted by atomic mass is 16.6. The van der Waals surface area contributed by atoms with Crippen LogP contribution in [0, 0.1) is 0 Å². The van der Waals surface area contributed by atoms with E-state index in [1.165, 1.54) is 12.3 Å². The molecule has 0 aliphatic carbocycles.